The Hall–Kier alpha value is -0.560. The van der Waals surface area contributed by atoms with Gasteiger partial charge in [0.2, 0.25) is 0 Å². The molecular weight excluding hydrogens is 134 g/mol. The summed E-state index contributed by atoms with van der Waals surface area (Å²) in [6, 6.07) is 0. The Morgan fingerprint density at radius 2 is 1.73 bits per heavy atom. The highest BCUT2D eigenvalue weighted by molar-refractivity contribution is 5.02. The molecule has 0 radical (unpaired) electrons. The van der Waals surface area contributed by atoms with Crippen LogP contribution in [0.3, 0.4) is 0 Å². The van der Waals surface area contributed by atoms with E-state index in [-0.39, 0.29) is 0 Å². The van der Waals surface area contributed by atoms with E-state index in [9.17, 15) is 0 Å². The molecule has 0 aliphatic carbocycles. The Bertz CT molecular complexity index is 114. The van der Waals surface area contributed by atoms with E-state index in [0.29, 0.717) is 0 Å². The van der Waals surface area contributed by atoms with Crippen molar-refractivity contribution in [1.29, 1.82) is 0 Å². The highest BCUT2D eigenvalue weighted by Crippen LogP contribution is 1.94. The maximum Gasteiger partial charge on any atom is -0.00425 e. The lowest BCUT2D eigenvalue weighted by Gasteiger charge is -1.85. The second-order valence-electron chi connectivity index (χ2n) is 2.58. The quantitative estimate of drug-likeness (QED) is 0.460. The van der Waals surface area contributed by atoms with Crippen molar-refractivity contribution in [3.05, 3.63) is 24.3 Å². The molecule has 0 aromatic heterocycles. The topological polar surface area (TPSA) is 26.0 Å². The molecule has 2 N–H and O–H groups in total. The van der Waals surface area contributed by atoms with Gasteiger partial charge in [0.15, 0.2) is 0 Å². The Morgan fingerprint density at radius 3 is 2.27 bits per heavy atom. The largest absolute Gasteiger partial charge is 0.330 e. The lowest BCUT2D eigenvalue weighted by Crippen LogP contribution is -1.94. The molecule has 64 valence electrons. The molecule has 1 nitrogen and oxygen atoms in total. The van der Waals surface area contributed by atoms with E-state index in [1.807, 2.05) is 0 Å². The molecule has 0 rings (SSSR count). The molecule has 0 bridgehead atoms. The van der Waals surface area contributed by atoms with E-state index >= 15 is 0 Å². The highest BCUT2D eigenvalue weighted by atomic mass is 14.5. The fourth-order valence-corrected chi connectivity index (χ4v) is 0.768. The van der Waals surface area contributed by atoms with Gasteiger partial charge in [0.05, 0.1) is 0 Å². The van der Waals surface area contributed by atoms with Crippen molar-refractivity contribution in [2.45, 2.75) is 32.6 Å². The highest BCUT2D eigenvalue weighted by Gasteiger charge is 1.75. The summed E-state index contributed by atoms with van der Waals surface area (Å²) in [6.45, 7) is 2.96. The minimum Gasteiger partial charge on any atom is -0.330 e. The number of rotatable bonds is 6. The van der Waals surface area contributed by atoms with Crippen LogP contribution >= 0.6 is 0 Å². The van der Waals surface area contributed by atoms with Crippen molar-refractivity contribution >= 4 is 0 Å². The predicted octanol–water partition coefficient (Wildman–Crippen LogP) is 2.64. The maximum atomic E-state index is 5.32. The van der Waals surface area contributed by atoms with E-state index in [4.69, 9.17) is 5.73 Å². The van der Waals surface area contributed by atoms with E-state index in [1.165, 1.54) is 19.3 Å². The van der Waals surface area contributed by atoms with Crippen molar-refractivity contribution in [3.8, 4) is 0 Å². The third kappa shape index (κ3) is 9.44. The molecule has 0 spiro atoms. The van der Waals surface area contributed by atoms with E-state index in [1.54, 1.807) is 0 Å². The summed E-state index contributed by atoms with van der Waals surface area (Å²) in [6.07, 6.45) is 13.2. The molecule has 1 heteroatoms. The minimum atomic E-state index is 0.749. The first kappa shape index (κ1) is 10.4. The maximum absolute atomic E-state index is 5.32. The van der Waals surface area contributed by atoms with Gasteiger partial charge in [0.1, 0.15) is 0 Å². The van der Waals surface area contributed by atoms with E-state index in [2.05, 4.69) is 31.2 Å². The molecular formula is C10H19N. The Kier molecular flexibility index (Phi) is 8.96. The van der Waals surface area contributed by atoms with Gasteiger partial charge in [0.25, 0.3) is 0 Å². The standard InChI is InChI=1S/C10H19N/c1-2-3-4-5-6-7-8-9-10-11/h5-8H,2-4,9-11H2,1H3/b6-5+,8-7+. The molecule has 0 aromatic carbocycles. The van der Waals surface area contributed by atoms with Gasteiger partial charge in [-0.05, 0) is 19.4 Å². The summed E-state index contributed by atoms with van der Waals surface area (Å²) < 4.78 is 0. The van der Waals surface area contributed by atoms with Crippen LogP contribution in [0.15, 0.2) is 24.3 Å². The molecule has 0 saturated heterocycles. The Balaban J connectivity index is 3.14. The monoisotopic (exact) mass is 153 g/mol. The van der Waals surface area contributed by atoms with Gasteiger partial charge in [-0.1, -0.05) is 44.1 Å². The zero-order chi connectivity index (χ0) is 8.36. The van der Waals surface area contributed by atoms with Crippen LogP contribution < -0.4 is 5.73 Å². The molecule has 0 aromatic rings. The van der Waals surface area contributed by atoms with Gasteiger partial charge >= 0.3 is 0 Å². The molecule has 0 amide bonds. The molecule has 0 aliphatic heterocycles. The molecule has 0 unspecified atom stereocenters. The van der Waals surface area contributed by atoms with Gasteiger partial charge in [0, 0.05) is 0 Å². The number of nitrogens with two attached hydrogens (primary N) is 1. The first-order valence-electron chi connectivity index (χ1n) is 4.43. The van der Waals surface area contributed by atoms with Crippen molar-refractivity contribution in [2.75, 3.05) is 6.54 Å². The number of hydrogen-bond acceptors (Lipinski definition) is 1. The van der Waals surface area contributed by atoms with Crippen LogP contribution in [0.25, 0.3) is 0 Å². The zero-order valence-corrected chi connectivity index (χ0v) is 7.42. The van der Waals surface area contributed by atoms with Crippen molar-refractivity contribution < 1.29 is 0 Å². The fraction of sp³-hybridized carbons (Fsp3) is 0.600. The van der Waals surface area contributed by atoms with Crippen LogP contribution in [0.2, 0.25) is 0 Å². The summed E-state index contributed by atoms with van der Waals surface area (Å²) in [5, 5.41) is 0. The average Bonchev–Trinajstić information content (AvgIpc) is 2.03. The summed E-state index contributed by atoms with van der Waals surface area (Å²) in [5.41, 5.74) is 5.32. The van der Waals surface area contributed by atoms with Crippen LogP contribution in [0.1, 0.15) is 32.6 Å². The van der Waals surface area contributed by atoms with Crippen LogP contribution in [-0.2, 0) is 0 Å². The summed E-state index contributed by atoms with van der Waals surface area (Å²) in [4.78, 5) is 0. The predicted molar refractivity (Wildman–Crippen MR) is 51.5 cm³/mol. The summed E-state index contributed by atoms with van der Waals surface area (Å²) >= 11 is 0. The summed E-state index contributed by atoms with van der Waals surface area (Å²) in [7, 11) is 0. The van der Waals surface area contributed by atoms with Gasteiger partial charge in [-0.2, -0.15) is 0 Å². The molecule has 0 heterocycles. The van der Waals surface area contributed by atoms with Gasteiger partial charge < -0.3 is 5.73 Å². The number of hydrogen-bond donors (Lipinski definition) is 1. The SMILES string of the molecule is CCCC/C=C/C=C/CCN. The molecule has 11 heavy (non-hydrogen) atoms. The Morgan fingerprint density at radius 1 is 1.09 bits per heavy atom. The zero-order valence-electron chi connectivity index (χ0n) is 7.42. The van der Waals surface area contributed by atoms with Crippen LogP contribution in [0.4, 0.5) is 0 Å². The van der Waals surface area contributed by atoms with Gasteiger partial charge in [-0.15, -0.1) is 0 Å². The lowest BCUT2D eigenvalue weighted by atomic mass is 10.2. The van der Waals surface area contributed by atoms with Crippen molar-refractivity contribution in [1.82, 2.24) is 0 Å². The van der Waals surface area contributed by atoms with Crippen molar-refractivity contribution in [3.63, 3.8) is 0 Å². The average molecular weight is 153 g/mol. The number of allylic oxidation sites excluding steroid dienone is 3. The third-order valence-electron chi connectivity index (χ3n) is 1.44. The fourth-order valence-electron chi connectivity index (χ4n) is 0.768. The second kappa shape index (κ2) is 9.44. The second-order valence-corrected chi connectivity index (χ2v) is 2.58. The smallest absolute Gasteiger partial charge is 0.00425 e. The lowest BCUT2D eigenvalue weighted by molar-refractivity contribution is 0.815. The molecule has 0 aliphatic rings. The van der Waals surface area contributed by atoms with E-state index < -0.39 is 0 Å². The molecule has 0 saturated carbocycles. The first-order valence-corrected chi connectivity index (χ1v) is 4.43. The van der Waals surface area contributed by atoms with Crippen LogP contribution in [0, 0.1) is 0 Å². The van der Waals surface area contributed by atoms with Crippen LogP contribution in [0.5, 0.6) is 0 Å². The summed E-state index contributed by atoms with van der Waals surface area (Å²) in [5.74, 6) is 0. The normalized spacial score (nSPS) is 11.8. The van der Waals surface area contributed by atoms with Gasteiger partial charge in [-0.3, -0.25) is 0 Å². The number of unbranched alkanes of at least 4 members (excludes halogenated alkanes) is 2. The van der Waals surface area contributed by atoms with Gasteiger partial charge in [-0.25, -0.2) is 0 Å². The Labute approximate surface area is 70.0 Å². The molecule has 0 atom stereocenters. The third-order valence-corrected chi connectivity index (χ3v) is 1.44. The first-order chi connectivity index (χ1) is 5.41. The minimum absolute atomic E-state index is 0.749. The van der Waals surface area contributed by atoms with Crippen molar-refractivity contribution in [2.24, 2.45) is 5.73 Å². The molecule has 0 fully saturated rings. The van der Waals surface area contributed by atoms with Crippen LogP contribution in [-0.4, -0.2) is 6.54 Å². The van der Waals surface area contributed by atoms with E-state index in [0.717, 1.165) is 13.0 Å².